The quantitative estimate of drug-likeness (QED) is 0.304. The smallest absolute Gasteiger partial charge is 0.338 e. The molecule has 2 aromatic rings. The second-order valence-electron chi connectivity index (χ2n) is 5.12. The number of non-ortho nitro benzene ring substituents is 1. The Bertz CT molecular complexity index is 927. The summed E-state index contributed by atoms with van der Waals surface area (Å²) in [5.41, 5.74) is 5.08. The molecule has 0 fully saturated rings. The Kier molecular flexibility index (Phi) is 6.47. The third-order valence-corrected chi connectivity index (χ3v) is 5.59. The van der Waals surface area contributed by atoms with Gasteiger partial charge in [0.15, 0.2) is 5.13 Å². The summed E-state index contributed by atoms with van der Waals surface area (Å²) in [6.07, 6.45) is 0. The Morgan fingerprint density at radius 3 is 2.59 bits per heavy atom. The fourth-order valence-electron chi connectivity index (χ4n) is 1.96. The number of ether oxygens (including phenoxy) is 1. The minimum Gasteiger partial charge on any atom is -0.465 e. The summed E-state index contributed by atoms with van der Waals surface area (Å²) >= 11 is 2.33. The van der Waals surface area contributed by atoms with Gasteiger partial charge >= 0.3 is 5.97 Å². The van der Waals surface area contributed by atoms with Crippen molar-refractivity contribution in [2.45, 2.75) is 11.1 Å². The summed E-state index contributed by atoms with van der Waals surface area (Å²) in [7, 11) is 1.13. The molecule has 0 bridgehead atoms. The van der Waals surface area contributed by atoms with Gasteiger partial charge in [0.1, 0.15) is 0 Å². The second kappa shape index (κ2) is 8.60. The Morgan fingerprint density at radius 2 is 2.00 bits per heavy atom. The summed E-state index contributed by atoms with van der Waals surface area (Å²) < 4.78 is 5.25. The Hall–Kier alpha value is -2.99. The number of nitrogens with two attached hydrogens (primary N) is 1. The first-order valence-electron chi connectivity index (χ1n) is 7.29. The van der Waals surface area contributed by atoms with Crippen LogP contribution in [0.3, 0.4) is 0 Å². The largest absolute Gasteiger partial charge is 0.465 e. The van der Waals surface area contributed by atoms with E-state index in [0.29, 0.717) is 9.90 Å². The van der Waals surface area contributed by atoms with Crippen molar-refractivity contribution < 1.29 is 24.0 Å². The van der Waals surface area contributed by atoms with Gasteiger partial charge in [-0.25, -0.2) is 9.78 Å². The molecule has 0 aliphatic heterocycles. The van der Waals surface area contributed by atoms with E-state index in [9.17, 15) is 24.5 Å². The van der Waals surface area contributed by atoms with E-state index >= 15 is 0 Å². The van der Waals surface area contributed by atoms with Crippen molar-refractivity contribution in [1.29, 1.82) is 0 Å². The van der Waals surface area contributed by atoms with Crippen LogP contribution in [0.2, 0.25) is 0 Å². The number of thioether (sulfide) groups is 1. The van der Waals surface area contributed by atoms with E-state index in [1.165, 1.54) is 17.8 Å². The van der Waals surface area contributed by atoms with Crippen LogP contribution >= 0.6 is 23.1 Å². The van der Waals surface area contributed by atoms with Gasteiger partial charge in [-0.1, -0.05) is 11.3 Å². The Morgan fingerprint density at radius 1 is 1.33 bits per heavy atom. The Labute approximate surface area is 161 Å². The number of hydrogen-bond donors (Lipinski definition) is 2. The molecule has 0 unspecified atom stereocenters. The van der Waals surface area contributed by atoms with Gasteiger partial charge in [0.25, 0.3) is 11.6 Å². The Balaban J connectivity index is 2.26. The molecular weight excluding hydrogens is 396 g/mol. The van der Waals surface area contributed by atoms with E-state index in [-0.39, 0.29) is 22.0 Å². The number of aryl methyl sites for hydroxylation is 1. The van der Waals surface area contributed by atoms with Crippen molar-refractivity contribution in [1.82, 2.24) is 4.98 Å². The number of carbonyl (C=O) groups excluding carboxylic acids is 3. The highest BCUT2D eigenvalue weighted by Gasteiger charge is 2.19. The predicted molar refractivity (Wildman–Crippen MR) is 99.2 cm³/mol. The van der Waals surface area contributed by atoms with Crippen LogP contribution in [-0.4, -0.2) is 40.6 Å². The van der Waals surface area contributed by atoms with Gasteiger partial charge in [0.2, 0.25) is 5.91 Å². The van der Waals surface area contributed by atoms with Crippen molar-refractivity contribution in [3.05, 3.63) is 45.1 Å². The average molecular weight is 410 g/mol. The van der Waals surface area contributed by atoms with Gasteiger partial charge in [-0.05, 0) is 13.0 Å². The maximum absolute atomic E-state index is 12.4. The van der Waals surface area contributed by atoms with E-state index in [4.69, 9.17) is 5.73 Å². The first kappa shape index (κ1) is 20.3. The topological polar surface area (TPSA) is 155 Å². The van der Waals surface area contributed by atoms with E-state index in [1.54, 1.807) is 6.92 Å². The summed E-state index contributed by atoms with van der Waals surface area (Å²) in [5.74, 6) is -1.89. The molecule has 0 aliphatic rings. The minimum atomic E-state index is -0.803. The average Bonchev–Trinajstić information content (AvgIpc) is 2.97. The molecule has 2 rings (SSSR count). The highest BCUT2D eigenvalue weighted by atomic mass is 32.2. The fourth-order valence-corrected chi connectivity index (χ4v) is 3.83. The molecule has 142 valence electrons. The number of benzene rings is 1. The van der Waals surface area contributed by atoms with Crippen molar-refractivity contribution in [2.24, 2.45) is 5.73 Å². The third-order valence-electron chi connectivity index (χ3n) is 3.13. The molecule has 0 saturated carbocycles. The number of nitrogens with one attached hydrogen (secondary N) is 1. The lowest BCUT2D eigenvalue weighted by atomic mass is 10.1. The van der Waals surface area contributed by atoms with Crippen LogP contribution in [-0.2, 0) is 9.53 Å². The summed E-state index contributed by atoms with van der Waals surface area (Å²) in [4.78, 5) is 49.5. The van der Waals surface area contributed by atoms with Crippen LogP contribution in [0, 0.1) is 17.0 Å². The van der Waals surface area contributed by atoms with Gasteiger partial charge in [-0.15, -0.1) is 11.8 Å². The number of nitro groups is 1. The summed E-state index contributed by atoms with van der Waals surface area (Å²) in [5, 5.41) is 13.8. The molecular formula is C15H14N4O6S2. The number of rotatable bonds is 7. The number of carbonyl (C=O) groups is 3. The lowest BCUT2D eigenvalue weighted by Crippen LogP contribution is -2.14. The number of aromatic nitrogens is 1. The number of hydrogen-bond acceptors (Lipinski definition) is 9. The van der Waals surface area contributed by atoms with Crippen LogP contribution in [0.5, 0.6) is 0 Å². The van der Waals surface area contributed by atoms with E-state index < -0.39 is 28.4 Å². The van der Waals surface area contributed by atoms with Crippen LogP contribution in [0.25, 0.3) is 0 Å². The first-order chi connectivity index (χ1) is 12.7. The number of methoxy groups -OCH3 is 1. The molecule has 0 atom stereocenters. The molecule has 27 heavy (non-hydrogen) atoms. The van der Waals surface area contributed by atoms with Crippen molar-refractivity contribution in [3.63, 3.8) is 0 Å². The molecule has 0 saturated heterocycles. The SMILES string of the molecule is COC(=O)c1cc(C(=O)Nc2nc(C)c(SCC(N)=O)s2)cc([N+](=O)[O-])c1. The lowest BCUT2D eigenvalue weighted by molar-refractivity contribution is -0.384. The number of thiazole rings is 1. The summed E-state index contributed by atoms with van der Waals surface area (Å²) in [6, 6.07) is 3.26. The normalized spacial score (nSPS) is 10.3. The number of esters is 1. The van der Waals surface area contributed by atoms with E-state index in [0.717, 1.165) is 30.6 Å². The first-order valence-corrected chi connectivity index (χ1v) is 9.09. The number of anilines is 1. The van der Waals surface area contributed by atoms with Crippen LogP contribution in [0.15, 0.2) is 22.4 Å². The van der Waals surface area contributed by atoms with E-state index in [1.807, 2.05) is 0 Å². The monoisotopic (exact) mass is 410 g/mol. The molecule has 0 aliphatic carbocycles. The van der Waals surface area contributed by atoms with E-state index in [2.05, 4.69) is 15.0 Å². The number of primary amides is 1. The maximum atomic E-state index is 12.4. The van der Waals surface area contributed by atoms with Gasteiger partial charge in [-0.3, -0.25) is 25.0 Å². The molecule has 1 aromatic carbocycles. The van der Waals surface area contributed by atoms with Gasteiger partial charge < -0.3 is 10.5 Å². The maximum Gasteiger partial charge on any atom is 0.338 e. The second-order valence-corrected chi connectivity index (χ2v) is 7.36. The van der Waals surface area contributed by atoms with Crippen molar-refractivity contribution in [2.75, 3.05) is 18.2 Å². The number of amides is 2. The zero-order chi connectivity index (χ0) is 20.1. The zero-order valence-electron chi connectivity index (χ0n) is 14.2. The highest BCUT2D eigenvalue weighted by molar-refractivity contribution is 8.01. The molecule has 0 spiro atoms. The molecule has 0 radical (unpaired) electrons. The standard InChI is InChI=1S/C15H14N4O6S2/c1-7-14(26-6-11(16)20)27-15(17-7)18-12(21)8-3-9(13(22)25-2)5-10(4-8)19(23)24/h3-5H,6H2,1-2H3,(H2,16,20)(H,17,18,21). The van der Waals surface area contributed by atoms with Crippen LogP contribution in [0.1, 0.15) is 26.4 Å². The van der Waals surface area contributed by atoms with Crippen molar-refractivity contribution >= 4 is 51.7 Å². The lowest BCUT2D eigenvalue weighted by Gasteiger charge is -2.05. The molecule has 3 N–H and O–H groups in total. The number of nitro benzene ring substituents is 1. The molecule has 2 amide bonds. The number of nitrogens with zero attached hydrogens (tertiary/aromatic N) is 2. The fraction of sp³-hybridized carbons (Fsp3) is 0.200. The van der Waals surface area contributed by atoms with Gasteiger partial charge in [-0.2, -0.15) is 0 Å². The van der Waals surface area contributed by atoms with Gasteiger partial charge in [0, 0.05) is 17.7 Å². The third kappa shape index (κ3) is 5.24. The minimum absolute atomic E-state index is 0.0732. The van der Waals surface area contributed by atoms with Gasteiger partial charge in [0.05, 0.1) is 33.3 Å². The zero-order valence-corrected chi connectivity index (χ0v) is 15.8. The van der Waals surface area contributed by atoms with Crippen LogP contribution < -0.4 is 11.1 Å². The molecule has 1 aromatic heterocycles. The predicted octanol–water partition coefficient (Wildman–Crippen LogP) is 1.98. The van der Waals surface area contributed by atoms with Crippen LogP contribution in [0.4, 0.5) is 10.8 Å². The van der Waals surface area contributed by atoms with Crippen molar-refractivity contribution in [3.8, 4) is 0 Å². The summed E-state index contributed by atoms with van der Waals surface area (Å²) in [6.45, 7) is 1.71. The highest BCUT2D eigenvalue weighted by Crippen LogP contribution is 2.32. The molecule has 12 heteroatoms. The molecule has 1 heterocycles. The molecule has 10 nitrogen and oxygen atoms in total.